The van der Waals surface area contributed by atoms with Gasteiger partial charge in [-0.3, -0.25) is 9.59 Å². The molecule has 9 heteroatoms. The fourth-order valence-electron chi connectivity index (χ4n) is 3.34. The number of rotatable bonds is 6. The van der Waals surface area contributed by atoms with E-state index in [2.05, 4.69) is 5.32 Å². The number of hydrogen-bond acceptors (Lipinski definition) is 5. The molecule has 1 aromatic rings. The number of amides is 2. The molecule has 2 aliphatic heterocycles. The molecule has 2 N–H and O–H groups in total. The Bertz CT molecular complexity index is 789. The van der Waals surface area contributed by atoms with Crippen molar-refractivity contribution >= 4 is 27.5 Å². The molecule has 0 bridgehead atoms. The van der Waals surface area contributed by atoms with Crippen molar-refractivity contribution in [2.24, 2.45) is 5.92 Å². The first-order valence-corrected chi connectivity index (χ1v) is 10.3. The van der Waals surface area contributed by atoms with Gasteiger partial charge < -0.3 is 15.3 Å². The Balaban J connectivity index is 1.52. The van der Waals surface area contributed by atoms with Gasteiger partial charge in [0, 0.05) is 44.4 Å². The summed E-state index contributed by atoms with van der Waals surface area (Å²) in [6.07, 6.45) is 1.82. The number of carbonyl (C=O) groups is 2. The number of phenolic OH excluding ortho intramolecular Hbond substituents is 1. The number of hydrogen-bond donors (Lipinski definition) is 2. The third-order valence-corrected chi connectivity index (χ3v) is 6.63. The van der Waals surface area contributed by atoms with Crippen molar-refractivity contribution in [3.05, 3.63) is 24.3 Å². The smallest absolute Gasteiger partial charge is 0.227 e. The van der Waals surface area contributed by atoms with Gasteiger partial charge in [0.15, 0.2) is 0 Å². The SMILES string of the molecule is O=C(NCCS(=O)(=O)N1CCCC1)[C@H]1CC(=O)N(c2cccc(O)c2)C1. The monoisotopic (exact) mass is 381 g/mol. The summed E-state index contributed by atoms with van der Waals surface area (Å²) in [5, 5.41) is 12.2. The predicted molar refractivity (Wildman–Crippen MR) is 96.2 cm³/mol. The van der Waals surface area contributed by atoms with E-state index in [0.29, 0.717) is 18.8 Å². The summed E-state index contributed by atoms with van der Waals surface area (Å²) in [5.41, 5.74) is 0.543. The van der Waals surface area contributed by atoms with Crippen molar-refractivity contribution in [3.63, 3.8) is 0 Å². The first kappa shape index (κ1) is 18.7. The maximum atomic E-state index is 12.3. The van der Waals surface area contributed by atoms with Crippen LogP contribution in [0.5, 0.6) is 5.75 Å². The molecule has 0 aliphatic carbocycles. The van der Waals surface area contributed by atoms with Gasteiger partial charge in [0.25, 0.3) is 0 Å². The molecule has 1 atom stereocenters. The van der Waals surface area contributed by atoms with Crippen LogP contribution in [0.4, 0.5) is 5.69 Å². The molecule has 0 spiro atoms. The zero-order valence-electron chi connectivity index (χ0n) is 14.4. The van der Waals surface area contributed by atoms with Gasteiger partial charge in [0.2, 0.25) is 21.8 Å². The molecule has 26 heavy (non-hydrogen) atoms. The van der Waals surface area contributed by atoms with Crippen molar-refractivity contribution < 1.29 is 23.1 Å². The summed E-state index contributed by atoms with van der Waals surface area (Å²) < 4.78 is 25.8. The number of benzene rings is 1. The van der Waals surface area contributed by atoms with Gasteiger partial charge in [0.1, 0.15) is 5.75 Å². The zero-order chi connectivity index (χ0) is 18.7. The third kappa shape index (κ3) is 4.16. The highest BCUT2D eigenvalue weighted by Gasteiger charge is 2.35. The molecule has 2 aliphatic rings. The first-order valence-electron chi connectivity index (χ1n) is 8.72. The fraction of sp³-hybridized carbons (Fsp3) is 0.529. The largest absolute Gasteiger partial charge is 0.508 e. The summed E-state index contributed by atoms with van der Waals surface area (Å²) >= 11 is 0. The highest BCUT2D eigenvalue weighted by Crippen LogP contribution is 2.27. The minimum Gasteiger partial charge on any atom is -0.508 e. The lowest BCUT2D eigenvalue weighted by Gasteiger charge is -2.17. The van der Waals surface area contributed by atoms with E-state index < -0.39 is 15.9 Å². The van der Waals surface area contributed by atoms with Gasteiger partial charge in [-0.1, -0.05) is 6.07 Å². The molecule has 0 saturated carbocycles. The number of anilines is 1. The summed E-state index contributed by atoms with van der Waals surface area (Å²) in [4.78, 5) is 25.9. The van der Waals surface area contributed by atoms with E-state index in [1.165, 1.54) is 21.3 Å². The fourth-order valence-corrected chi connectivity index (χ4v) is 4.77. The minimum absolute atomic E-state index is 0.0362. The van der Waals surface area contributed by atoms with Gasteiger partial charge in [0.05, 0.1) is 11.7 Å². The lowest BCUT2D eigenvalue weighted by Crippen LogP contribution is -2.39. The summed E-state index contributed by atoms with van der Waals surface area (Å²) in [7, 11) is -3.34. The predicted octanol–water partition coefficient (Wildman–Crippen LogP) is 0.287. The van der Waals surface area contributed by atoms with Crippen LogP contribution in [-0.2, 0) is 19.6 Å². The Morgan fingerprint density at radius 3 is 2.69 bits per heavy atom. The van der Waals surface area contributed by atoms with Crippen LogP contribution < -0.4 is 10.2 Å². The molecule has 2 fully saturated rings. The molecular weight excluding hydrogens is 358 g/mol. The van der Waals surface area contributed by atoms with E-state index in [9.17, 15) is 23.1 Å². The van der Waals surface area contributed by atoms with E-state index >= 15 is 0 Å². The third-order valence-electron chi connectivity index (χ3n) is 4.75. The number of aromatic hydroxyl groups is 1. The Kier molecular flexibility index (Phi) is 5.47. The average Bonchev–Trinajstić information content (AvgIpc) is 3.24. The second kappa shape index (κ2) is 7.63. The van der Waals surface area contributed by atoms with E-state index in [1.807, 2.05) is 0 Å². The van der Waals surface area contributed by atoms with Crippen LogP contribution in [0.2, 0.25) is 0 Å². The second-order valence-corrected chi connectivity index (χ2v) is 8.73. The van der Waals surface area contributed by atoms with E-state index in [1.54, 1.807) is 12.1 Å². The standard InChI is InChI=1S/C17H23N3O5S/c21-15-5-3-4-14(11-15)20-12-13(10-16(20)22)17(23)18-6-9-26(24,25)19-7-1-2-8-19/h3-5,11,13,21H,1-2,6-10,12H2,(H,18,23)/t13-/m0/s1. The second-order valence-electron chi connectivity index (χ2n) is 6.64. The maximum Gasteiger partial charge on any atom is 0.227 e. The molecule has 0 aromatic heterocycles. The van der Waals surface area contributed by atoms with Crippen molar-refractivity contribution in [1.82, 2.24) is 9.62 Å². The van der Waals surface area contributed by atoms with Crippen LogP contribution in [0.3, 0.4) is 0 Å². The van der Waals surface area contributed by atoms with Gasteiger partial charge in [-0.15, -0.1) is 0 Å². The zero-order valence-corrected chi connectivity index (χ0v) is 15.2. The van der Waals surface area contributed by atoms with Crippen LogP contribution in [0.1, 0.15) is 19.3 Å². The molecule has 8 nitrogen and oxygen atoms in total. The number of nitrogens with one attached hydrogen (secondary N) is 1. The Labute approximate surface area is 152 Å². The summed E-state index contributed by atoms with van der Waals surface area (Å²) in [6, 6.07) is 6.31. The Morgan fingerprint density at radius 1 is 1.27 bits per heavy atom. The average molecular weight is 381 g/mol. The quantitative estimate of drug-likeness (QED) is 0.736. The van der Waals surface area contributed by atoms with Crippen LogP contribution in [0.25, 0.3) is 0 Å². The van der Waals surface area contributed by atoms with Crippen molar-refractivity contribution in [3.8, 4) is 5.75 Å². The molecule has 2 heterocycles. The molecule has 2 amide bonds. The first-order chi connectivity index (χ1) is 12.4. The van der Waals surface area contributed by atoms with Gasteiger partial charge >= 0.3 is 0 Å². The van der Waals surface area contributed by atoms with Crippen molar-refractivity contribution in [2.75, 3.05) is 36.8 Å². The van der Waals surface area contributed by atoms with Crippen molar-refractivity contribution in [2.45, 2.75) is 19.3 Å². The summed E-state index contributed by atoms with van der Waals surface area (Å²) in [5.74, 6) is -1.12. The number of nitrogens with zero attached hydrogens (tertiary/aromatic N) is 2. The molecule has 3 rings (SSSR count). The normalized spacial score (nSPS) is 21.3. The van der Waals surface area contributed by atoms with Gasteiger partial charge in [-0.2, -0.15) is 0 Å². The number of carbonyl (C=O) groups excluding carboxylic acids is 2. The van der Waals surface area contributed by atoms with Crippen LogP contribution in [0.15, 0.2) is 24.3 Å². The highest BCUT2D eigenvalue weighted by molar-refractivity contribution is 7.89. The van der Waals surface area contributed by atoms with E-state index in [-0.39, 0.29) is 42.8 Å². The van der Waals surface area contributed by atoms with Crippen LogP contribution in [0, 0.1) is 5.92 Å². The van der Waals surface area contributed by atoms with Gasteiger partial charge in [-0.25, -0.2) is 12.7 Å². The van der Waals surface area contributed by atoms with E-state index in [4.69, 9.17) is 0 Å². The van der Waals surface area contributed by atoms with Gasteiger partial charge in [-0.05, 0) is 25.0 Å². The molecule has 1 aromatic carbocycles. The molecular formula is C17H23N3O5S. The number of sulfonamides is 1. The Morgan fingerprint density at radius 2 is 2.00 bits per heavy atom. The molecule has 142 valence electrons. The maximum absolute atomic E-state index is 12.3. The lowest BCUT2D eigenvalue weighted by atomic mass is 10.1. The van der Waals surface area contributed by atoms with Crippen molar-refractivity contribution in [1.29, 1.82) is 0 Å². The van der Waals surface area contributed by atoms with Crippen LogP contribution >= 0.6 is 0 Å². The Hall–Kier alpha value is -2.13. The lowest BCUT2D eigenvalue weighted by molar-refractivity contribution is -0.126. The minimum atomic E-state index is -3.34. The number of phenols is 1. The molecule has 0 unspecified atom stereocenters. The van der Waals surface area contributed by atoms with Crippen LogP contribution in [-0.4, -0.2) is 61.6 Å². The molecule has 2 saturated heterocycles. The van der Waals surface area contributed by atoms with E-state index in [0.717, 1.165) is 12.8 Å². The molecule has 0 radical (unpaired) electrons. The topological polar surface area (TPSA) is 107 Å². The summed E-state index contributed by atoms with van der Waals surface area (Å²) in [6.45, 7) is 1.35. The highest BCUT2D eigenvalue weighted by atomic mass is 32.2.